The number of urea groups is 1. The molecule has 2 fully saturated rings. The van der Waals surface area contributed by atoms with E-state index >= 15 is 0 Å². The number of aryl methyl sites for hydroxylation is 1. The van der Waals surface area contributed by atoms with Gasteiger partial charge in [-0.15, -0.1) is 0 Å². The van der Waals surface area contributed by atoms with E-state index in [0.29, 0.717) is 32.5 Å². The molecule has 0 aliphatic carbocycles. The maximum absolute atomic E-state index is 12.6. The number of nitrogens with zero attached hydrogens (tertiary/aromatic N) is 2. The summed E-state index contributed by atoms with van der Waals surface area (Å²) in [6, 6.07) is 7.52. The molecule has 1 aromatic rings. The summed E-state index contributed by atoms with van der Waals surface area (Å²) < 4.78 is 24.8. The Kier molecular flexibility index (Phi) is 4.83. The summed E-state index contributed by atoms with van der Waals surface area (Å²) in [4.78, 5) is 16.5. The SMILES string of the molecule is Cc1ccccc1NC(=O)N1CC[C@H]2[C@H](CC1)S(=O)(=O)CCN2C. The quantitative estimate of drug-likeness (QED) is 0.836. The number of anilines is 1. The zero-order valence-corrected chi connectivity index (χ0v) is 15.1. The Hall–Kier alpha value is -1.60. The van der Waals surface area contributed by atoms with Gasteiger partial charge in [-0.1, -0.05) is 18.2 Å². The first-order chi connectivity index (χ1) is 11.4. The summed E-state index contributed by atoms with van der Waals surface area (Å²) in [6.07, 6.45) is 1.21. The predicted molar refractivity (Wildman–Crippen MR) is 95.0 cm³/mol. The van der Waals surface area contributed by atoms with E-state index in [1.807, 2.05) is 38.2 Å². The molecule has 132 valence electrons. The van der Waals surface area contributed by atoms with Crippen molar-refractivity contribution in [1.82, 2.24) is 9.80 Å². The van der Waals surface area contributed by atoms with Crippen molar-refractivity contribution in [2.75, 3.05) is 37.8 Å². The van der Waals surface area contributed by atoms with E-state index in [9.17, 15) is 13.2 Å². The van der Waals surface area contributed by atoms with E-state index in [-0.39, 0.29) is 23.1 Å². The zero-order chi connectivity index (χ0) is 17.3. The first-order valence-electron chi connectivity index (χ1n) is 8.42. The number of carbonyl (C=O) groups is 1. The summed E-state index contributed by atoms with van der Waals surface area (Å²) in [7, 11) is -1.07. The maximum atomic E-state index is 12.6. The van der Waals surface area contributed by atoms with Crippen LogP contribution in [0.1, 0.15) is 18.4 Å². The number of amides is 2. The Morgan fingerprint density at radius 3 is 2.62 bits per heavy atom. The lowest BCUT2D eigenvalue weighted by atomic mass is 10.1. The minimum Gasteiger partial charge on any atom is -0.324 e. The number of hydrogen-bond donors (Lipinski definition) is 1. The second-order valence-corrected chi connectivity index (χ2v) is 9.10. The second kappa shape index (κ2) is 6.72. The number of hydrogen-bond acceptors (Lipinski definition) is 4. The molecular formula is C17H25N3O3S. The number of fused-ring (bicyclic) bond motifs is 1. The molecule has 2 amide bonds. The lowest BCUT2D eigenvalue weighted by Crippen LogP contribution is -2.52. The molecule has 2 aliphatic rings. The van der Waals surface area contributed by atoms with Gasteiger partial charge in [-0.3, -0.25) is 0 Å². The highest BCUT2D eigenvalue weighted by Crippen LogP contribution is 2.27. The molecule has 0 unspecified atom stereocenters. The highest BCUT2D eigenvalue weighted by atomic mass is 32.2. The fourth-order valence-corrected chi connectivity index (χ4v) is 5.82. The maximum Gasteiger partial charge on any atom is 0.321 e. The molecule has 2 atom stereocenters. The van der Waals surface area contributed by atoms with Crippen molar-refractivity contribution >= 4 is 21.6 Å². The smallest absolute Gasteiger partial charge is 0.321 e. The normalized spacial score (nSPS) is 27.2. The monoisotopic (exact) mass is 351 g/mol. The third kappa shape index (κ3) is 3.42. The number of sulfone groups is 1. The minimum atomic E-state index is -3.05. The summed E-state index contributed by atoms with van der Waals surface area (Å²) in [5.41, 5.74) is 1.81. The van der Waals surface area contributed by atoms with Gasteiger partial charge >= 0.3 is 6.03 Å². The largest absolute Gasteiger partial charge is 0.324 e. The van der Waals surface area contributed by atoms with Crippen LogP contribution in [0.5, 0.6) is 0 Å². The minimum absolute atomic E-state index is 0.0139. The van der Waals surface area contributed by atoms with Crippen molar-refractivity contribution in [2.24, 2.45) is 0 Å². The molecule has 6 nitrogen and oxygen atoms in total. The predicted octanol–water partition coefficient (Wildman–Crippen LogP) is 1.72. The number of nitrogens with one attached hydrogen (secondary N) is 1. The van der Waals surface area contributed by atoms with Gasteiger partial charge in [0.15, 0.2) is 9.84 Å². The van der Waals surface area contributed by atoms with E-state index in [4.69, 9.17) is 0 Å². The van der Waals surface area contributed by atoms with E-state index in [1.165, 1.54) is 0 Å². The Bertz CT molecular complexity index is 720. The van der Waals surface area contributed by atoms with Crippen molar-refractivity contribution < 1.29 is 13.2 Å². The van der Waals surface area contributed by atoms with Crippen LogP contribution in [0.25, 0.3) is 0 Å². The standard InChI is InChI=1S/C17H25N3O3S/c1-13-5-3-4-6-14(13)18-17(21)20-9-7-15-16(8-10-20)24(22,23)12-11-19(15)2/h3-6,15-16H,7-12H2,1-2H3,(H,18,21)/t15-,16-/m0/s1. The fraction of sp³-hybridized carbons (Fsp3) is 0.588. The molecule has 3 rings (SSSR count). The average Bonchev–Trinajstić information content (AvgIpc) is 2.78. The third-order valence-electron chi connectivity index (χ3n) is 5.24. The molecule has 2 heterocycles. The van der Waals surface area contributed by atoms with Gasteiger partial charge in [0.1, 0.15) is 0 Å². The lowest BCUT2D eigenvalue weighted by Gasteiger charge is -2.37. The number of benzene rings is 1. The van der Waals surface area contributed by atoms with Gasteiger partial charge in [0, 0.05) is 31.4 Å². The molecule has 0 radical (unpaired) electrons. The molecule has 0 saturated carbocycles. The van der Waals surface area contributed by atoms with Crippen LogP contribution in [0.4, 0.5) is 10.5 Å². The molecule has 0 bridgehead atoms. The molecular weight excluding hydrogens is 326 g/mol. The lowest BCUT2D eigenvalue weighted by molar-refractivity contribution is 0.205. The van der Waals surface area contributed by atoms with Crippen LogP contribution in [-0.4, -0.2) is 68.0 Å². The van der Waals surface area contributed by atoms with Crippen LogP contribution in [0.15, 0.2) is 24.3 Å². The van der Waals surface area contributed by atoms with Crippen LogP contribution in [0.2, 0.25) is 0 Å². The summed E-state index contributed by atoms with van der Waals surface area (Å²) >= 11 is 0. The molecule has 1 N–H and O–H groups in total. The number of likely N-dealkylation sites (tertiary alicyclic amines) is 1. The van der Waals surface area contributed by atoms with E-state index < -0.39 is 9.84 Å². The number of para-hydroxylation sites is 1. The van der Waals surface area contributed by atoms with Crippen molar-refractivity contribution in [1.29, 1.82) is 0 Å². The van der Waals surface area contributed by atoms with E-state index in [2.05, 4.69) is 10.2 Å². The Morgan fingerprint density at radius 2 is 1.88 bits per heavy atom. The highest BCUT2D eigenvalue weighted by Gasteiger charge is 2.41. The van der Waals surface area contributed by atoms with Gasteiger partial charge < -0.3 is 15.1 Å². The van der Waals surface area contributed by atoms with Crippen LogP contribution in [-0.2, 0) is 9.84 Å². The van der Waals surface area contributed by atoms with Crippen LogP contribution >= 0.6 is 0 Å². The molecule has 0 spiro atoms. The van der Waals surface area contributed by atoms with Gasteiger partial charge in [0.25, 0.3) is 0 Å². The first-order valence-corrected chi connectivity index (χ1v) is 10.1. The van der Waals surface area contributed by atoms with Gasteiger partial charge in [0.05, 0.1) is 11.0 Å². The summed E-state index contributed by atoms with van der Waals surface area (Å²) in [6.45, 7) is 3.59. The zero-order valence-electron chi connectivity index (χ0n) is 14.2. The average molecular weight is 351 g/mol. The number of rotatable bonds is 1. The molecule has 1 aromatic carbocycles. The molecule has 2 saturated heterocycles. The first kappa shape index (κ1) is 17.2. The van der Waals surface area contributed by atoms with Crippen LogP contribution in [0, 0.1) is 6.92 Å². The van der Waals surface area contributed by atoms with Crippen molar-refractivity contribution in [3.05, 3.63) is 29.8 Å². The molecule has 24 heavy (non-hydrogen) atoms. The van der Waals surface area contributed by atoms with Crippen LogP contribution < -0.4 is 5.32 Å². The summed E-state index contributed by atoms with van der Waals surface area (Å²) in [5, 5.41) is 2.59. The second-order valence-electron chi connectivity index (χ2n) is 6.76. The van der Waals surface area contributed by atoms with Crippen molar-refractivity contribution in [3.63, 3.8) is 0 Å². The topological polar surface area (TPSA) is 69.7 Å². The highest BCUT2D eigenvalue weighted by molar-refractivity contribution is 7.92. The third-order valence-corrected chi connectivity index (χ3v) is 7.46. The molecule has 7 heteroatoms. The van der Waals surface area contributed by atoms with Gasteiger partial charge in [-0.25, -0.2) is 13.2 Å². The summed E-state index contributed by atoms with van der Waals surface area (Å²) in [5.74, 6) is 0.222. The van der Waals surface area contributed by atoms with Crippen molar-refractivity contribution in [3.8, 4) is 0 Å². The van der Waals surface area contributed by atoms with E-state index in [1.54, 1.807) is 4.90 Å². The molecule has 0 aromatic heterocycles. The van der Waals surface area contributed by atoms with Gasteiger partial charge in [0.2, 0.25) is 0 Å². The van der Waals surface area contributed by atoms with Gasteiger partial charge in [-0.05, 0) is 38.4 Å². The Balaban J connectivity index is 1.71. The molecule has 2 aliphatic heterocycles. The van der Waals surface area contributed by atoms with Gasteiger partial charge in [-0.2, -0.15) is 0 Å². The van der Waals surface area contributed by atoms with Crippen molar-refractivity contribution in [2.45, 2.75) is 31.1 Å². The Morgan fingerprint density at radius 1 is 1.17 bits per heavy atom. The Labute approximate surface area is 143 Å². The number of carbonyl (C=O) groups excluding carboxylic acids is 1. The van der Waals surface area contributed by atoms with Crippen LogP contribution in [0.3, 0.4) is 0 Å². The fourth-order valence-electron chi connectivity index (χ4n) is 3.68. The van der Waals surface area contributed by atoms with E-state index in [0.717, 1.165) is 11.3 Å².